The maximum Gasteiger partial charge on any atom is 0.117 e. The molecule has 2 aromatic carbocycles. The van der Waals surface area contributed by atoms with Crippen LogP contribution >= 0.6 is 23.4 Å². The lowest BCUT2D eigenvalue weighted by molar-refractivity contribution is 1.10. The fourth-order valence-corrected chi connectivity index (χ4v) is 3.19. The summed E-state index contributed by atoms with van der Waals surface area (Å²) in [7, 11) is 0. The summed E-state index contributed by atoms with van der Waals surface area (Å²) in [6.45, 7) is 0. The van der Waals surface area contributed by atoms with Crippen LogP contribution in [0.25, 0.3) is 10.9 Å². The molecular weight excluding hydrogens is 290 g/mol. The summed E-state index contributed by atoms with van der Waals surface area (Å²) in [6.07, 6.45) is 1.58. The van der Waals surface area contributed by atoms with Crippen LogP contribution in [0.2, 0.25) is 5.02 Å². The average Bonchev–Trinajstić information content (AvgIpc) is 2.46. The molecule has 3 nitrogen and oxygen atoms in total. The molecule has 0 spiro atoms. The van der Waals surface area contributed by atoms with Crippen molar-refractivity contribution in [3.05, 3.63) is 59.4 Å². The topological polar surface area (TPSA) is 51.8 Å². The number of nitrogen functional groups attached to an aromatic ring is 1. The van der Waals surface area contributed by atoms with Crippen molar-refractivity contribution < 1.29 is 0 Å². The van der Waals surface area contributed by atoms with E-state index in [1.54, 1.807) is 18.1 Å². The number of thioether (sulfide) groups is 1. The largest absolute Gasteiger partial charge is 0.399 e. The first-order chi connectivity index (χ1) is 9.74. The minimum Gasteiger partial charge on any atom is -0.399 e. The molecule has 0 radical (unpaired) electrons. The van der Waals surface area contributed by atoms with Crippen LogP contribution in [0.3, 0.4) is 0 Å². The van der Waals surface area contributed by atoms with Gasteiger partial charge in [-0.3, -0.25) is 0 Å². The molecule has 3 rings (SSSR count). The number of nitrogens with two attached hydrogens (primary N) is 1. The molecule has 0 atom stereocenters. The summed E-state index contributed by atoms with van der Waals surface area (Å²) in [4.78, 5) is 8.60. The minimum absolute atomic E-state index is 0.715. The van der Waals surface area contributed by atoms with E-state index in [9.17, 15) is 0 Å². The van der Waals surface area contributed by atoms with Gasteiger partial charge in [0.2, 0.25) is 0 Å². The highest BCUT2D eigenvalue weighted by molar-refractivity contribution is 7.98. The quantitative estimate of drug-likeness (QED) is 0.448. The van der Waals surface area contributed by atoms with Crippen LogP contribution in [0.5, 0.6) is 0 Å². The lowest BCUT2D eigenvalue weighted by Gasteiger charge is -2.06. The molecule has 0 amide bonds. The summed E-state index contributed by atoms with van der Waals surface area (Å²) in [5.41, 5.74) is 8.54. The monoisotopic (exact) mass is 301 g/mol. The molecule has 0 unspecified atom stereocenters. The molecule has 0 saturated heterocycles. The van der Waals surface area contributed by atoms with Crippen LogP contribution in [-0.2, 0) is 5.75 Å². The number of nitrogens with zero attached hydrogens (tertiary/aromatic N) is 2. The van der Waals surface area contributed by atoms with Crippen molar-refractivity contribution >= 4 is 40.0 Å². The maximum atomic E-state index is 6.17. The Kier molecular flexibility index (Phi) is 3.76. The van der Waals surface area contributed by atoms with Gasteiger partial charge in [0.25, 0.3) is 0 Å². The van der Waals surface area contributed by atoms with Gasteiger partial charge in [0.05, 0.1) is 5.52 Å². The van der Waals surface area contributed by atoms with Crippen LogP contribution in [0.1, 0.15) is 5.56 Å². The van der Waals surface area contributed by atoms with Gasteiger partial charge in [-0.1, -0.05) is 29.8 Å². The third kappa shape index (κ3) is 2.71. The van der Waals surface area contributed by atoms with Gasteiger partial charge in [0.1, 0.15) is 11.4 Å². The van der Waals surface area contributed by atoms with E-state index in [4.69, 9.17) is 17.3 Å². The molecule has 0 fully saturated rings. The molecule has 1 heterocycles. The summed E-state index contributed by atoms with van der Waals surface area (Å²) >= 11 is 7.80. The molecule has 3 aromatic rings. The highest BCUT2D eigenvalue weighted by Crippen LogP contribution is 2.30. The zero-order valence-electron chi connectivity index (χ0n) is 10.6. The molecule has 100 valence electrons. The Morgan fingerprint density at radius 3 is 2.80 bits per heavy atom. The lowest BCUT2D eigenvalue weighted by atomic mass is 10.2. The van der Waals surface area contributed by atoms with Crippen molar-refractivity contribution in [3.8, 4) is 0 Å². The Labute approximate surface area is 126 Å². The molecule has 0 saturated carbocycles. The van der Waals surface area contributed by atoms with Gasteiger partial charge < -0.3 is 5.73 Å². The van der Waals surface area contributed by atoms with Gasteiger partial charge in [0.15, 0.2) is 0 Å². The first-order valence-electron chi connectivity index (χ1n) is 6.10. The Bertz CT molecular complexity index is 761. The summed E-state index contributed by atoms with van der Waals surface area (Å²) in [6, 6.07) is 13.5. The standard InChI is InChI=1S/C15H12ClN3S/c16-13-4-2-1-3-10(13)8-20-15-12-7-11(17)5-6-14(12)18-9-19-15/h1-7,9H,8,17H2. The Morgan fingerprint density at radius 2 is 1.95 bits per heavy atom. The van der Waals surface area contributed by atoms with Gasteiger partial charge >= 0.3 is 0 Å². The van der Waals surface area contributed by atoms with Crippen molar-refractivity contribution in [2.24, 2.45) is 0 Å². The van der Waals surface area contributed by atoms with Crippen molar-refractivity contribution in [1.82, 2.24) is 9.97 Å². The van der Waals surface area contributed by atoms with Gasteiger partial charge in [-0.05, 0) is 29.8 Å². The summed E-state index contributed by atoms with van der Waals surface area (Å²) in [5, 5.41) is 2.67. The number of hydrogen-bond acceptors (Lipinski definition) is 4. The maximum absolute atomic E-state index is 6.17. The highest BCUT2D eigenvalue weighted by atomic mass is 35.5. The minimum atomic E-state index is 0.715. The van der Waals surface area contributed by atoms with E-state index in [0.29, 0.717) is 5.69 Å². The third-order valence-corrected chi connectivity index (χ3v) is 4.37. The predicted octanol–water partition coefficient (Wildman–Crippen LogP) is 4.16. The van der Waals surface area contributed by atoms with Gasteiger partial charge in [0, 0.05) is 21.8 Å². The molecule has 2 N–H and O–H groups in total. The number of anilines is 1. The smallest absolute Gasteiger partial charge is 0.117 e. The third-order valence-electron chi connectivity index (χ3n) is 2.95. The molecule has 0 aliphatic rings. The van der Waals surface area contributed by atoms with Crippen LogP contribution in [-0.4, -0.2) is 9.97 Å². The normalized spacial score (nSPS) is 10.8. The number of rotatable bonds is 3. The predicted molar refractivity (Wildman–Crippen MR) is 85.0 cm³/mol. The van der Waals surface area contributed by atoms with E-state index in [1.165, 1.54) is 0 Å². The molecule has 5 heteroatoms. The van der Waals surface area contributed by atoms with Gasteiger partial charge in [-0.2, -0.15) is 0 Å². The van der Waals surface area contributed by atoms with Crippen molar-refractivity contribution in [1.29, 1.82) is 0 Å². The van der Waals surface area contributed by atoms with Crippen molar-refractivity contribution in [3.63, 3.8) is 0 Å². The molecular formula is C15H12ClN3S. The number of halogens is 1. The second-order valence-corrected chi connectivity index (χ2v) is 5.71. The van der Waals surface area contributed by atoms with Gasteiger partial charge in [-0.25, -0.2) is 9.97 Å². The molecule has 0 aliphatic heterocycles. The van der Waals surface area contributed by atoms with Gasteiger partial charge in [-0.15, -0.1) is 11.8 Å². The lowest BCUT2D eigenvalue weighted by Crippen LogP contribution is -1.91. The fraction of sp³-hybridized carbons (Fsp3) is 0.0667. The summed E-state index contributed by atoms with van der Waals surface area (Å²) < 4.78 is 0. The van der Waals surface area contributed by atoms with Crippen LogP contribution in [0, 0.1) is 0 Å². The number of aromatic nitrogens is 2. The second-order valence-electron chi connectivity index (χ2n) is 4.34. The van der Waals surface area contributed by atoms with Crippen LogP contribution < -0.4 is 5.73 Å². The van der Waals surface area contributed by atoms with Crippen molar-refractivity contribution in [2.45, 2.75) is 10.8 Å². The van der Waals surface area contributed by atoms with E-state index >= 15 is 0 Å². The molecule has 20 heavy (non-hydrogen) atoms. The van der Waals surface area contributed by atoms with E-state index in [-0.39, 0.29) is 0 Å². The van der Waals surface area contributed by atoms with E-state index < -0.39 is 0 Å². The number of fused-ring (bicyclic) bond motifs is 1. The molecule has 0 bridgehead atoms. The molecule has 0 aliphatic carbocycles. The fourth-order valence-electron chi connectivity index (χ4n) is 1.93. The first kappa shape index (κ1) is 13.2. The van der Waals surface area contributed by atoms with E-state index in [2.05, 4.69) is 9.97 Å². The SMILES string of the molecule is Nc1ccc2ncnc(SCc3ccccc3Cl)c2c1. The van der Waals surface area contributed by atoms with Crippen LogP contribution in [0.4, 0.5) is 5.69 Å². The van der Waals surface area contributed by atoms with Crippen LogP contribution in [0.15, 0.2) is 53.8 Å². The zero-order chi connectivity index (χ0) is 13.9. The average molecular weight is 302 g/mol. The van der Waals surface area contributed by atoms with Crippen molar-refractivity contribution in [2.75, 3.05) is 5.73 Å². The molecule has 1 aromatic heterocycles. The number of hydrogen-bond donors (Lipinski definition) is 1. The van der Waals surface area contributed by atoms with E-state index in [1.807, 2.05) is 42.5 Å². The van der Waals surface area contributed by atoms with E-state index in [0.717, 1.165) is 32.3 Å². The second kappa shape index (κ2) is 5.69. The highest BCUT2D eigenvalue weighted by Gasteiger charge is 2.06. The number of benzene rings is 2. The zero-order valence-corrected chi connectivity index (χ0v) is 12.2. The first-order valence-corrected chi connectivity index (χ1v) is 7.47. The Balaban J connectivity index is 1.91. The Morgan fingerprint density at radius 1 is 1.10 bits per heavy atom. The Hall–Kier alpha value is -1.78. The summed E-state index contributed by atoms with van der Waals surface area (Å²) in [5.74, 6) is 0.764.